The summed E-state index contributed by atoms with van der Waals surface area (Å²) in [5.41, 5.74) is 0.493. The molecule has 1 aromatic rings. The van der Waals surface area contributed by atoms with Crippen LogP contribution in [0.25, 0.3) is 0 Å². The van der Waals surface area contributed by atoms with E-state index in [0.717, 1.165) is 13.0 Å². The molecule has 2 rings (SSSR count). The van der Waals surface area contributed by atoms with Gasteiger partial charge in [0, 0.05) is 26.1 Å². The van der Waals surface area contributed by atoms with Gasteiger partial charge in [-0.1, -0.05) is 0 Å². The second kappa shape index (κ2) is 5.18. The molecule has 0 radical (unpaired) electrons. The third-order valence-electron chi connectivity index (χ3n) is 2.58. The predicted octanol–water partition coefficient (Wildman–Crippen LogP) is 0.430. The number of aryl methyl sites for hydroxylation is 1. The number of carbonyl (C=O) groups excluding carboxylic acids is 1. The first-order valence-electron chi connectivity index (χ1n) is 5.70. The van der Waals surface area contributed by atoms with Crippen molar-refractivity contribution in [1.82, 2.24) is 15.1 Å². The summed E-state index contributed by atoms with van der Waals surface area (Å²) in [5.74, 6) is 0.399. The van der Waals surface area contributed by atoms with E-state index in [9.17, 15) is 4.79 Å². The van der Waals surface area contributed by atoms with Crippen LogP contribution in [0.15, 0.2) is 6.20 Å². The largest absolute Gasteiger partial charge is 0.477 e. The van der Waals surface area contributed by atoms with Gasteiger partial charge in [0.2, 0.25) is 5.88 Å². The van der Waals surface area contributed by atoms with Crippen molar-refractivity contribution in [3.8, 4) is 5.88 Å². The molecule has 6 heteroatoms. The Morgan fingerprint density at radius 1 is 1.76 bits per heavy atom. The average molecular weight is 239 g/mol. The van der Waals surface area contributed by atoms with Crippen molar-refractivity contribution in [3.63, 3.8) is 0 Å². The topological polar surface area (TPSA) is 65.4 Å². The van der Waals surface area contributed by atoms with Gasteiger partial charge in [-0.2, -0.15) is 5.10 Å². The van der Waals surface area contributed by atoms with Gasteiger partial charge in [0.25, 0.3) is 5.91 Å². The van der Waals surface area contributed by atoms with Crippen LogP contribution in [0.1, 0.15) is 23.7 Å². The Bertz CT molecular complexity index is 403. The number of methoxy groups -OCH3 is 1. The number of fused-ring (bicyclic) bond motifs is 1. The summed E-state index contributed by atoms with van der Waals surface area (Å²) in [6.45, 7) is 3.81. The lowest BCUT2D eigenvalue weighted by Gasteiger charge is -2.17. The molecule has 0 saturated heterocycles. The lowest BCUT2D eigenvalue weighted by molar-refractivity contribution is 0.0899. The van der Waals surface area contributed by atoms with Crippen molar-refractivity contribution in [3.05, 3.63) is 11.8 Å². The van der Waals surface area contributed by atoms with E-state index in [0.29, 0.717) is 24.7 Å². The van der Waals surface area contributed by atoms with E-state index in [1.54, 1.807) is 18.0 Å². The number of amides is 1. The maximum Gasteiger partial charge on any atom is 0.258 e. The standard InChI is InChI=1S/C11H17N3O3/c1-8(7-16-2)13-10(15)9-6-12-14-4-3-5-17-11(9)14/h6,8H,3-5,7H2,1-2H3,(H,13,15). The Morgan fingerprint density at radius 3 is 3.35 bits per heavy atom. The number of nitrogens with zero attached hydrogens (tertiary/aromatic N) is 2. The fourth-order valence-corrected chi connectivity index (χ4v) is 1.82. The van der Waals surface area contributed by atoms with E-state index in [-0.39, 0.29) is 11.9 Å². The summed E-state index contributed by atoms with van der Waals surface area (Å²) < 4.78 is 12.2. The maximum atomic E-state index is 12.0. The van der Waals surface area contributed by atoms with Gasteiger partial charge in [-0.25, -0.2) is 4.68 Å². The molecule has 0 aliphatic carbocycles. The lowest BCUT2D eigenvalue weighted by atomic mass is 10.2. The first kappa shape index (κ1) is 11.9. The molecule has 1 N–H and O–H groups in total. The van der Waals surface area contributed by atoms with E-state index in [1.165, 1.54) is 0 Å². The lowest BCUT2D eigenvalue weighted by Crippen LogP contribution is -2.35. The average Bonchev–Trinajstić information content (AvgIpc) is 2.72. The van der Waals surface area contributed by atoms with Crippen LogP contribution < -0.4 is 10.1 Å². The third kappa shape index (κ3) is 2.58. The molecular weight excluding hydrogens is 222 g/mol. The van der Waals surface area contributed by atoms with Gasteiger partial charge in [-0.15, -0.1) is 0 Å². The smallest absolute Gasteiger partial charge is 0.258 e. The summed E-state index contributed by atoms with van der Waals surface area (Å²) in [4.78, 5) is 12.0. The minimum absolute atomic E-state index is 0.0355. The summed E-state index contributed by atoms with van der Waals surface area (Å²) in [6, 6.07) is -0.0355. The van der Waals surface area contributed by atoms with Crippen LogP contribution in [0.3, 0.4) is 0 Å². The summed E-state index contributed by atoms with van der Waals surface area (Å²) in [6.07, 6.45) is 2.48. The highest BCUT2D eigenvalue weighted by Crippen LogP contribution is 2.22. The highest BCUT2D eigenvalue weighted by Gasteiger charge is 2.22. The van der Waals surface area contributed by atoms with Crippen LogP contribution in [0.2, 0.25) is 0 Å². The molecule has 2 heterocycles. The number of aromatic nitrogens is 2. The van der Waals surface area contributed by atoms with Crippen LogP contribution in [0, 0.1) is 0 Å². The van der Waals surface area contributed by atoms with Crippen LogP contribution >= 0.6 is 0 Å². The number of hydrogen-bond donors (Lipinski definition) is 1. The second-order valence-electron chi connectivity index (χ2n) is 4.12. The molecule has 0 fully saturated rings. The zero-order valence-corrected chi connectivity index (χ0v) is 10.1. The van der Waals surface area contributed by atoms with Crippen molar-refractivity contribution in [2.75, 3.05) is 20.3 Å². The number of carbonyl (C=O) groups is 1. The first-order valence-corrected chi connectivity index (χ1v) is 5.70. The summed E-state index contributed by atoms with van der Waals surface area (Å²) >= 11 is 0. The van der Waals surface area contributed by atoms with Gasteiger partial charge >= 0.3 is 0 Å². The number of nitrogens with one attached hydrogen (secondary N) is 1. The Morgan fingerprint density at radius 2 is 2.59 bits per heavy atom. The molecule has 1 aromatic heterocycles. The van der Waals surface area contributed by atoms with Crippen molar-refractivity contribution in [2.24, 2.45) is 0 Å². The van der Waals surface area contributed by atoms with Gasteiger partial charge in [0.15, 0.2) is 0 Å². The fourth-order valence-electron chi connectivity index (χ4n) is 1.82. The Kier molecular flexibility index (Phi) is 3.63. The highest BCUT2D eigenvalue weighted by atomic mass is 16.5. The number of rotatable bonds is 4. The number of hydrogen-bond acceptors (Lipinski definition) is 4. The minimum Gasteiger partial charge on any atom is -0.477 e. The van der Waals surface area contributed by atoms with Crippen molar-refractivity contribution < 1.29 is 14.3 Å². The molecule has 0 spiro atoms. The first-order chi connectivity index (χ1) is 8.22. The van der Waals surface area contributed by atoms with Gasteiger partial charge in [-0.3, -0.25) is 4.79 Å². The van der Waals surface area contributed by atoms with Gasteiger partial charge in [0.05, 0.1) is 19.4 Å². The zero-order chi connectivity index (χ0) is 12.3. The van der Waals surface area contributed by atoms with Crippen LogP contribution in [-0.2, 0) is 11.3 Å². The summed E-state index contributed by atoms with van der Waals surface area (Å²) in [7, 11) is 1.60. The molecule has 1 amide bonds. The molecule has 1 atom stereocenters. The third-order valence-corrected chi connectivity index (χ3v) is 2.58. The fraction of sp³-hybridized carbons (Fsp3) is 0.636. The summed E-state index contributed by atoms with van der Waals surface area (Å²) in [5, 5.41) is 6.97. The normalized spacial score (nSPS) is 15.9. The second-order valence-corrected chi connectivity index (χ2v) is 4.12. The molecule has 1 aliphatic heterocycles. The van der Waals surface area contributed by atoms with Crippen LogP contribution in [-0.4, -0.2) is 42.1 Å². The van der Waals surface area contributed by atoms with Crippen molar-refractivity contribution >= 4 is 5.91 Å². The minimum atomic E-state index is -0.169. The van der Waals surface area contributed by atoms with Gasteiger partial charge < -0.3 is 14.8 Å². The zero-order valence-electron chi connectivity index (χ0n) is 10.1. The molecular formula is C11H17N3O3. The van der Waals surface area contributed by atoms with Crippen LogP contribution in [0.5, 0.6) is 5.88 Å². The highest BCUT2D eigenvalue weighted by molar-refractivity contribution is 5.96. The van der Waals surface area contributed by atoms with E-state index in [4.69, 9.17) is 9.47 Å². The molecule has 0 aromatic carbocycles. The monoisotopic (exact) mass is 239 g/mol. The van der Waals surface area contributed by atoms with E-state index >= 15 is 0 Å². The molecule has 6 nitrogen and oxygen atoms in total. The quantitative estimate of drug-likeness (QED) is 0.827. The Hall–Kier alpha value is -1.56. The maximum absolute atomic E-state index is 12.0. The van der Waals surface area contributed by atoms with Crippen LogP contribution in [0.4, 0.5) is 0 Å². The molecule has 17 heavy (non-hydrogen) atoms. The molecule has 0 bridgehead atoms. The van der Waals surface area contributed by atoms with Crippen molar-refractivity contribution in [1.29, 1.82) is 0 Å². The SMILES string of the molecule is COCC(C)NC(=O)c1cnn2c1OCCC2. The van der Waals surface area contributed by atoms with E-state index < -0.39 is 0 Å². The number of ether oxygens (including phenoxy) is 2. The van der Waals surface area contributed by atoms with Crippen molar-refractivity contribution in [2.45, 2.75) is 25.9 Å². The Balaban J connectivity index is 2.06. The Labute approximate surface area is 99.9 Å². The molecule has 1 aliphatic rings. The van der Waals surface area contributed by atoms with E-state index in [1.807, 2.05) is 6.92 Å². The van der Waals surface area contributed by atoms with Gasteiger partial charge in [-0.05, 0) is 6.92 Å². The van der Waals surface area contributed by atoms with E-state index in [2.05, 4.69) is 10.4 Å². The molecule has 94 valence electrons. The molecule has 0 saturated carbocycles. The molecule has 1 unspecified atom stereocenters. The predicted molar refractivity (Wildman–Crippen MR) is 61.1 cm³/mol. The van der Waals surface area contributed by atoms with Gasteiger partial charge in [0.1, 0.15) is 5.56 Å².